The molecule has 0 spiro atoms. The SMILES string of the molecule is O=C(Nc1c(Cl)cc(F)cc1Br)c1ccc(Br)cc1Cl. The smallest absolute Gasteiger partial charge is 0.257 e. The molecule has 2 rings (SSSR count). The number of carbonyl (C=O) groups excluding carboxylic acids is 1. The van der Waals surface area contributed by atoms with E-state index in [0.29, 0.717) is 15.1 Å². The Balaban J connectivity index is 2.33. The Labute approximate surface area is 141 Å². The van der Waals surface area contributed by atoms with Crippen molar-refractivity contribution in [3.8, 4) is 0 Å². The highest BCUT2D eigenvalue weighted by atomic mass is 79.9. The quantitative estimate of drug-likeness (QED) is 0.616. The van der Waals surface area contributed by atoms with E-state index in [4.69, 9.17) is 23.2 Å². The average molecular weight is 442 g/mol. The standard InChI is InChI=1S/C13H6Br2Cl2FNO/c14-6-1-2-8(10(16)3-6)13(20)19-12-9(15)4-7(18)5-11(12)17/h1-5H,(H,19,20). The van der Waals surface area contributed by atoms with Gasteiger partial charge in [-0.2, -0.15) is 0 Å². The predicted octanol–water partition coefficient (Wildman–Crippen LogP) is 5.91. The molecule has 2 aromatic rings. The zero-order valence-corrected chi connectivity index (χ0v) is 14.4. The molecule has 2 nitrogen and oxygen atoms in total. The van der Waals surface area contributed by atoms with Crippen molar-refractivity contribution in [2.24, 2.45) is 0 Å². The monoisotopic (exact) mass is 439 g/mol. The van der Waals surface area contributed by atoms with Crippen molar-refractivity contribution < 1.29 is 9.18 Å². The van der Waals surface area contributed by atoms with Gasteiger partial charge in [-0.05, 0) is 46.3 Å². The molecule has 7 heteroatoms. The van der Waals surface area contributed by atoms with E-state index in [2.05, 4.69) is 37.2 Å². The number of rotatable bonds is 2. The number of amides is 1. The van der Waals surface area contributed by atoms with Crippen LogP contribution in [-0.4, -0.2) is 5.91 Å². The van der Waals surface area contributed by atoms with Gasteiger partial charge < -0.3 is 5.32 Å². The van der Waals surface area contributed by atoms with E-state index in [0.717, 1.165) is 10.5 Å². The summed E-state index contributed by atoms with van der Waals surface area (Å²) in [5.41, 5.74) is 0.583. The van der Waals surface area contributed by atoms with Crippen LogP contribution in [0.15, 0.2) is 39.3 Å². The van der Waals surface area contributed by atoms with Crippen LogP contribution in [0.5, 0.6) is 0 Å². The van der Waals surface area contributed by atoms with Crippen LogP contribution in [0.25, 0.3) is 0 Å². The molecule has 0 bridgehead atoms. The van der Waals surface area contributed by atoms with Gasteiger partial charge in [-0.25, -0.2) is 4.39 Å². The number of hydrogen-bond acceptors (Lipinski definition) is 1. The topological polar surface area (TPSA) is 29.1 Å². The minimum absolute atomic E-state index is 0.0958. The molecule has 0 aromatic heterocycles. The predicted molar refractivity (Wildman–Crippen MR) is 86.2 cm³/mol. The Morgan fingerprint density at radius 2 is 1.80 bits per heavy atom. The summed E-state index contributed by atoms with van der Waals surface area (Å²) in [6, 6.07) is 7.21. The zero-order valence-electron chi connectivity index (χ0n) is 9.68. The molecule has 0 aliphatic carbocycles. The van der Waals surface area contributed by atoms with Gasteiger partial charge in [0.2, 0.25) is 0 Å². The third-order valence-electron chi connectivity index (χ3n) is 2.42. The Hall–Kier alpha value is -0.620. The Morgan fingerprint density at radius 1 is 1.10 bits per heavy atom. The normalized spacial score (nSPS) is 10.4. The maximum absolute atomic E-state index is 13.1. The first-order chi connectivity index (χ1) is 9.38. The summed E-state index contributed by atoms with van der Waals surface area (Å²) in [6.45, 7) is 0. The van der Waals surface area contributed by atoms with Crippen LogP contribution >= 0.6 is 55.1 Å². The van der Waals surface area contributed by atoms with Crippen molar-refractivity contribution >= 4 is 66.7 Å². The molecule has 0 aliphatic heterocycles. The Kier molecular flexibility index (Phi) is 5.07. The number of benzene rings is 2. The van der Waals surface area contributed by atoms with Crippen LogP contribution in [-0.2, 0) is 0 Å². The molecular weight excluding hydrogens is 436 g/mol. The highest BCUT2D eigenvalue weighted by Gasteiger charge is 2.15. The van der Waals surface area contributed by atoms with Crippen molar-refractivity contribution in [3.63, 3.8) is 0 Å². The van der Waals surface area contributed by atoms with E-state index in [-0.39, 0.29) is 10.7 Å². The zero-order chi connectivity index (χ0) is 14.9. The van der Waals surface area contributed by atoms with Crippen molar-refractivity contribution in [1.82, 2.24) is 0 Å². The van der Waals surface area contributed by atoms with Gasteiger partial charge in [-0.3, -0.25) is 4.79 Å². The van der Waals surface area contributed by atoms with E-state index in [1.54, 1.807) is 18.2 Å². The summed E-state index contributed by atoms with van der Waals surface area (Å²) in [6.07, 6.45) is 0. The van der Waals surface area contributed by atoms with Gasteiger partial charge >= 0.3 is 0 Å². The second-order valence-electron chi connectivity index (χ2n) is 3.82. The highest BCUT2D eigenvalue weighted by Crippen LogP contribution is 2.32. The maximum Gasteiger partial charge on any atom is 0.257 e. The lowest BCUT2D eigenvalue weighted by Gasteiger charge is -2.10. The molecule has 1 N–H and O–H groups in total. The first-order valence-electron chi connectivity index (χ1n) is 5.29. The van der Waals surface area contributed by atoms with Crippen molar-refractivity contribution in [2.75, 3.05) is 5.32 Å². The van der Waals surface area contributed by atoms with E-state index in [1.165, 1.54) is 6.07 Å². The first kappa shape index (κ1) is 15.8. The van der Waals surface area contributed by atoms with Crippen molar-refractivity contribution in [2.45, 2.75) is 0 Å². The van der Waals surface area contributed by atoms with Crippen molar-refractivity contribution in [1.29, 1.82) is 0 Å². The van der Waals surface area contributed by atoms with Crippen LogP contribution < -0.4 is 5.32 Å². The van der Waals surface area contributed by atoms with E-state index in [1.807, 2.05) is 0 Å². The Bertz CT molecular complexity index is 671. The number of carbonyl (C=O) groups is 1. The molecule has 2 aromatic carbocycles. The number of hydrogen-bond donors (Lipinski definition) is 1. The maximum atomic E-state index is 13.1. The van der Waals surface area contributed by atoms with Crippen LogP contribution in [0.1, 0.15) is 10.4 Å². The van der Waals surface area contributed by atoms with Gasteiger partial charge in [0.25, 0.3) is 5.91 Å². The molecule has 0 saturated carbocycles. The van der Waals surface area contributed by atoms with Gasteiger partial charge in [0.15, 0.2) is 0 Å². The summed E-state index contributed by atoms with van der Waals surface area (Å²) in [5.74, 6) is -0.932. The third-order valence-corrected chi connectivity index (χ3v) is 4.15. The summed E-state index contributed by atoms with van der Waals surface area (Å²) < 4.78 is 14.2. The second kappa shape index (κ2) is 6.43. The third kappa shape index (κ3) is 3.52. The molecule has 0 atom stereocenters. The van der Waals surface area contributed by atoms with Crippen molar-refractivity contribution in [3.05, 3.63) is 60.7 Å². The molecule has 20 heavy (non-hydrogen) atoms. The van der Waals surface area contributed by atoms with Gasteiger partial charge in [-0.15, -0.1) is 0 Å². The Morgan fingerprint density at radius 3 is 2.40 bits per heavy atom. The fourth-order valence-corrected chi connectivity index (χ4v) is 3.17. The second-order valence-corrected chi connectivity index (χ2v) is 6.41. The van der Waals surface area contributed by atoms with Gasteiger partial charge in [0.05, 0.1) is 21.3 Å². The molecule has 0 radical (unpaired) electrons. The van der Waals surface area contributed by atoms with E-state index < -0.39 is 11.7 Å². The molecule has 0 fully saturated rings. The van der Waals surface area contributed by atoms with Crippen LogP contribution in [0, 0.1) is 5.82 Å². The number of nitrogens with one attached hydrogen (secondary N) is 1. The van der Waals surface area contributed by atoms with E-state index >= 15 is 0 Å². The summed E-state index contributed by atoms with van der Waals surface area (Å²) in [4.78, 5) is 12.2. The number of anilines is 1. The van der Waals surface area contributed by atoms with Crippen LogP contribution in [0.2, 0.25) is 10.0 Å². The molecule has 0 heterocycles. The lowest BCUT2D eigenvalue weighted by Crippen LogP contribution is -2.13. The van der Waals surface area contributed by atoms with Crippen LogP contribution in [0.4, 0.5) is 10.1 Å². The minimum Gasteiger partial charge on any atom is -0.320 e. The molecule has 0 unspecified atom stereocenters. The minimum atomic E-state index is -0.499. The van der Waals surface area contributed by atoms with E-state index in [9.17, 15) is 9.18 Å². The number of halogens is 5. The fraction of sp³-hybridized carbons (Fsp3) is 0. The largest absolute Gasteiger partial charge is 0.320 e. The summed E-state index contributed by atoms with van der Waals surface area (Å²) in [7, 11) is 0. The average Bonchev–Trinajstić information content (AvgIpc) is 2.33. The summed E-state index contributed by atoms with van der Waals surface area (Å²) >= 11 is 18.3. The molecule has 1 amide bonds. The fourth-order valence-electron chi connectivity index (χ4n) is 1.52. The summed E-state index contributed by atoms with van der Waals surface area (Å²) in [5, 5.41) is 2.99. The van der Waals surface area contributed by atoms with Gasteiger partial charge in [0.1, 0.15) is 5.82 Å². The van der Waals surface area contributed by atoms with Gasteiger partial charge in [0, 0.05) is 8.95 Å². The lowest BCUT2D eigenvalue weighted by atomic mass is 10.2. The molecule has 0 aliphatic rings. The first-order valence-corrected chi connectivity index (χ1v) is 7.63. The van der Waals surface area contributed by atoms with Crippen LogP contribution in [0.3, 0.4) is 0 Å². The molecule has 104 valence electrons. The lowest BCUT2D eigenvalue weighted by molar-refractivity contribution is 0.102. The molecule has 0 saturated heterocycles. The highest BCUT2D eigenvalue weighted by molar-refractivity contribution is 9.10. The molecular formula is C13H6Br2Cl2FNO. The van der Waals surface area contributed by atoms with Gasteiger partial charge in [-0.1, -0.05) is 39.1 Å².